The fourth-order valence-corrected chi connectivity index (χ4v) is 2.28. The third-order valence-corrected chi connectivity index (χ3v) is 3.40. The van der Waals surface area contributed by atoms with Crippen LogP contribution >= 0.6 is 11.8 Å². The van der Waals surface area contributed by atoms with Crippen molar-refractivity contribution in [3.05, 3.63) is 30.1 Å². The average Bonchev–Trinajstić information content (AvgIpc) is 2.30. The monoisotopic (exact) mass is 226 g/mol. The van der Waals surface area contributed by atoms with Crippen molar-refractivity contribution in [1.82, 2.24) is 4.98 Å². The van der Waals surface area contributed by atoms with Gasteiger partial charge in [-0.1, -0.05) is 6.07 Å². The van der Waals surface area contributed by atoms with Crippen molar-refractivity contribution in [2.24, 2.45) is 5.73 Å². The first-order chi connectivity index (χ1) is 7.38. The minimum Gasteiger partial charge on any atom is -0.385 e. The van der Waals surface area contributed by atoms with E-state index >= 15 is 0 Å². The van der Waals surface area contributed by atoms with Gasteiger partial charge in [0.15, 0.2) is 0 Å². The summed E-state index contributed by atoms with van der Waals surface area (Å²) >= 11 is 1.85. The number of rotatable bonds is 7. The van der Waals surface area contributed by atoms with E-state index in [4.69, 9.17) is 10.5 Å². The summed E-state index contributed by atoms with van der Waals surface area (Å²) in [6.07, 6.45) is 2.87. The minimum atomic E-state index is 0.308. The lowest BCUT2D eigenvalue weighted by Crippen LogP contribution is -2.11. The maximum Gasteiger partial charge on any atom is 0.0592 e. The Balaban J connectivity index is 2.36. The van der Waals surface area contributed by atoms with Gasteiger partial charge in [-0.25, -0.2) is 0 Å². The highest BCUT2D eigenvalue weighted by atomic mass is 32.2. The Hall–Kier alpha value is -0.580. The van der Waals surface area contributed by atoms with Gasteiger partial charge in [-0.3, -0.25) is 4.98 Å². The van der Waals surface area contributed by atoms with Gasteiger partial charge in [0, 0.05) is 26.5 Å². The van der Waals surface area contributed by atoms with E-state index in [0.29, 0.717) is 11.8 Å². The molecular formula is C11H18N2OS. The predicted octanol–water partition coefficient (Wildman–Crippen LogP) is 1.85. The van der Waals surface area contributed by atoms with Gasteiger partial charge in [0.2, 0.25) is 0 Å². The lowest BCUT2D eigenvalue weighted by molar-refractivity contribution is 0.200. The molecule has 0 bridgehead atoms. The topological polar surface area (TPSA) is 48.1 Å². The van der Waals surface area contributed by atoms with Gasteiger partial charge in [-0.05, 0) is 24.3 Å². The summed E-state index contributed by atoms with van der Waals surface area (Å²) < 4.78 is 5.00. The van der Waals surface area contributed by atoms with Crippen molar-refractivity contribution >= 4 is 11.8 Å². The quantitative estimate of drug-likeness (QED) is 0.721. The number of nitrogens with zero attached hydrogens (tertiary/aromatic N) is 1. The molecule has 0 amide bonds. The van der Waals surface area contributed by atoms with E-state index in [0.717, 1.165) is 24.5 Å². The summed E-state index contributed by atoms with van der Waals surface area (Å²) in [5, 5.41) is 0.308. The molecule has 0 aliphatic heterocycles. The third kappa shape index (κ3) is 4.64. The van der Waals surface area contributed by atoms with Crippen molar-refractivity contribution in [3.63, 3.8) is 0 Å². The van der Waals surface area contributed by atoms with Crippen molar-refractivity contribution in [3.8, 4) is 0 Å². The number of ether oxygens (including phenoxy) is 1. The van der Waals surface area contributed by atoms with E-state index < -0.39 is 0 Å². The van der Waals surface area contributed by atoms with Crippen LogP contribution in [0.3, 0.4) is 0 Å². The van der Waals surface area contributed by atoms with Gasteiger partial charge in [0.05, 0.1) is 10.9 Å². The summed E-state index contributed by atoms with van der Waals surface area (Å²) in [5.41, 5.74) is 6.80. The zero-order valence-electron chi connectivity index (χ0n) is 9.06. The molecule has 2 N–H and O–H groups in total. The number of aromatic nitrogens is 1. The first-order valence-corrected chi connectivity index (χ1v) is 6.15. The van der Waals surface area contributed by atoms with E-state index in [9.17, 15) is 0 Å². The normalized spacial score (nSPS) is 12.7. The van der Waals surface area contributed by atoms with Crippen molar-refractivity contribution in [2.75, 3.05) is 26.0 Å². The molecule has 1 aromatic heterocycles. The smallest absolute Gasteiger partial charge is 0.0592 e. The molecule has 0 spiro atoms. The molecule has 4 heteroatoms. The SMILES string of the molecule is COCCCSC(CN)c1ccccn1. The van der Waals surface area contributed by atoms with Crippen molar-refractivity contribution in [1.29, 1.82) is 0 Å². The Morgan fingerprint density at radius 2 is 2.40 bits per heavy atom. The molecule has 1 aromatic rings. The molecule has 1 rings (SSSR count). The number of hydrogen-bond acceptors (Lipinski definition) is 4. The molecule has 0 aliphatic rings. The van der Waals surface area contributed by atoms with Crippen molar-refractivity contribution < 1.29 is 4.74 Å². The van der Waals surface area contributed by atoms with Gasteiger partial charge in [-0.2, -0.15) is 11.8 Å². The second-order valence-electron chi connectivity index (χ2n) is 3.20. The van der Waals surface area contributed by atoms with Crippen LogP contribution in [0.1, 0.15) is 17.4 Å². The number of thioether (sulfide) groups is 1. The number of hydrogen-bond donors (Lipinski definition) is 1. The molecule has 0 saturated carbocycles. The highest BCUT2D eigenvalue weighted by Gasteiger charge is 2.10. The van der Waals surface area contributed by atoms with Crippen LogP contribution in [0.15, 0.2) is 24.4 Å². The van der Waals surface area contributed by atoms with E-state index in [1.807, 2.05) is 36.2 Å². The average molecular weight is 226 g/mol. The summed E-state index contributed by atoms with van der Waals surface area (Å²) in [7, 11) is 1.73. The van der Waals surface area contributed by atoms with Crippen LogP contribution in [0, 0.1) is 0 Å². The Bertz CT molecular complexity index is 256. The zero-order chi connectivity index (χ0) is 10.9. The van der Waals surface area contributed by atoms with Crippen LogP contribution in [0.4, 0.5) is 0 Å². The largest absolute Gasteiger partial charge is 0.385 e. The summed E-state index contributed by atoms with van der Waals surface area (Å²) in [5.74, 6) is 1.06. The molecule has 1 unspecified atom stereocenters. The standard InChI is InChI=1S/C11H18N2OS/c1-14-7-4-8-15-11(9-12)10-5-2-3-6-13-10/h2-3,5-6,11H,4,7-9,12H2,1H3. The Morgan fingerprint density at radius 3 is 3.00 bits per heavy atom. The van der Waals surface area contributed by atoms with E-state index in [-0.39, 0.29) is 0 Å². The molecular weight excluding hydrogens is 208 g/mol. The maximum atomic E-state index is 5.73. The Kier molecular flexibility index (Phi) is 6.39. The minimum absolute atomic E-state index is 0.308. The number of methoxy groups -OCH3 is 1. The number of pyridine rings is 1. The third-order valence-electron chi connectivity index (χ3n) is 2.04. The first kappa shape index (κ1) is 12.5. The molecule has 0 radical (unpaired) electrons. The summed E-state index contributed by atoms with van der Waals surface area (Å²) in [4.78, 5) is 4.32. The highest BCUT2D eigenvalue weighted by molar-refractivity contribution is 7.99. The van der Waals surface area contributed by atoms with Crippen LogP contribution in [0.5, 0.6) is 0 Å². The Morgan fingerprint density at radius 1 is 1.53 bits per heavy atom. The fourth-order valence-electron chi connectivity index (χ4n) is 1.27. The molecule has 84 valence electrons. The molecule has 1 heterocycles. The lowest BCUT2D eigenvalue weighted by atomic mass is 10.3. The molecule has 0 fully saturated rings. The predicted molar refractivity (Wildman–Crippen MR) is 65.0 cm³/mol. The van der Waals surface area contributed by atoms with Gasteiger partial charge < -0.3 is 10.5 Å². The van der Waals surface area contributed by atoms with E-state index in [2.05, 4.69) is 4.98 Å². The molecule has 0 aromatic carbocycles. The molecule has 1 atom stereocenters. The number of nitrogens with two attached hydrogens (primary N) is 1. The molecule has 15 heavy (non-hydrogen) atoms. The van der Waals surface area contributed by atoms with E-state index in [1.54, 1.807) is 7.11 Å². The summed E-state index contributed by atoms with van der Waals surface area (Å²) in [6.45, 7) is 1.45. The van der Waals surface area contributed by atoms with Crippen LogP contribution < -0.4 is 5.73 Å². The second kappa shape index (κ2) is 7.68. The fraction of sp³-hybridized carbons (Fsp3) is 0.545. The zero-order valence-corrected chi connectivity index (χ0v) is 9.87. The maximum absolute atomic E-state index is 5.73. The van der Waals surface area contributed by atoms with Crippen molar-refractivity contribution in [2.45, 2.75) is 11.7 Å². The molecule has 0 aliphatic carbocycles. The van der Waals surface area contributed by atoms with Gasteiger partial charge in [0.25, 0.3) is 0 Å². The van der Waals surface area contributed by atoms with E-state index in [1.165, 1.54) is 0 Å². The van der Waals surface area contributed by atoms with Gasteiger partial charge >= 0.3 is 0 Å². The highest BCUT2D eigenvalue weighted by Crippen LogP contribution is 2.26. The van der Waals surface area contributed by atoms with Crippen LogP contribution in [-0.4, -0.2) is 31.0 Å². The first-order valence-electron chi connectivity index (χ1n) is 5.10. The Labute approximate surface area is 95.4 Å². The second-order valence-corrected chi connectivity index (χ2v) is 4.51. The lowest BCUT2D eigenvalue weighted by Gasteiger charge is -2.13. The van der Waals surface area contributed by atoms with Crippen LogP contribution in [0.25, 0.3) is 0 Å². The molecule has 0 saturated heterocycles. The molecule has 3 nitrogen and oxygen atoms in total. The van der Waals surface area contributed by atoms with Crippen LogP contribution in [0.2, 0.25) is 0 Å². The summed E-state index contributed by atoms with van der Waals surface area (Å²) in [6, 6.07) is 5.95. The van der Waals surface area contributed by atoms with Crippen LogP contribution in [-0.2, 0) is 4.74 Å². The van der Waals surface area contributed by atoms with Gasteiger partial charge in [-0.15, -0.1) is 0 Å². The van der Waals surface area contributed by atoms with Gasteiger partial charge in [0.1, 0.15) is 0 Å².